The molecule has 0 saturated heterocycles. The van der Waals surface area contributed by atoms with Gasteiger partial charge in [0.05, 0.1) is 5.41 Å². The van der Waals surface area contributed by atoms with Crippen LogP contribution in [0.2, 0.25) is 0 Å². The highest BCUT2D eigenvalue weighted by Gasteiger charge is 2.25. The Kier molecular flexibility index (Phi) is 4.76. The van der Waals surface area contributed by atoms with Crippen molar-refractivity contribution in [2.75, 3.05) is 25.6 Å². The van der Waals surface area contributed by atoms with Gasteiger partial charge in [0, 0.05) is 12.4 Å². The van der Waals surface area contributed by atoms with Crippen LogP contribution in [0.4, 0.5) is 0 Å². The van der Waals surface area contributed by atoms with Crippen LogP contribution in [-0.2, 0) is 11.2 Å². The summed E-state index contributed by atoms with van der Waals surface area (Å²) in [6.07, 6.45) is 0.751. The van der Waals surface area contributed by atoms with Gasteiger partial charge in [-0.3, -0.25) is 4.79 Å². The van der Waals surface area contributed by atoms with Crippen molar-refractivity contribution in [1.82, 2.24) is 5.32 Å². The second-order valence-corrected chi connectivity index (χ2v) is 5.77. The van der Waals surface area contributed by atoms with Gasteiger partial charge in [0.1, 0.15) is 13.2 Å². The predicted molar refractivity (Wildman–Crippen MR) is 78.6 cm³/mol. The molecule has 0 aliphatic carbocycles. The number of ether oxygens (including phenoxy) is 2. The Balaban J connectivity index is 1.87. The molecule has 110 valence electrons. The SMILES string of the molecule is CC(C)(CCl)C(=O)NCCc1ccc2c(c1)OCCO2. The van der Waals surface area contributed by atoms with E-state index in [9.17, 15) is 4.79 Å². The summed E-state index contributed by atoms with van der Waals surface area (Å²) in [6, 6.07) is 5.87. The molecule has 1 aromatic carbocycles. The smallest absolute Gasteiger partial charge is 0.226 e. The van der Waals surface area contributed by atoms with Crippen molar-refractivity contribution in [2.45, 2.75) is 20.3 Å². The lowest BCUT2D eigenvalue weighted by atomic mass is 9.95. The first kappa shape index (κ1) is 15.0. The maximum atomic E-state index is 11.9. The van der Waals surface area contributed by atoms with Crippen molar-refractivity contribution in [3.63, 3.8) is 0 Å². The summed E-state index contributed by atoms with van der Waals surface area (Å²) >= 11 is 5.77. The molecule has 1 amide bonds. The van der Waals surface area contributed by atoms with E-state index in [0.717, 1.165) is 23.5 Å². The number of carbonyl (C=O) groups excluding carboxylic acids is 1. The number of halogens is 1. The number of alkyl halides is 1. The zero-order chi connectivity index (χ0) is 14.6. The van der Waals surface area contributed by atoms with Crippen LogP contribution >= 0.6 is 11.6 Å². The Morgan fingerprint density at radius 2 is 2.00 bits per heavy atom. The van der Waals surface area contributed by atoms with E-state index >= 15 is 0 Å². The average molecular weight is 298 g/mol. The van der Waals surface area contributed by atoms with Gasteiger partial charge in [-0.15, -0.1) is 11.6 Å². The Morgan fingerprint density at radius 3 is 2.70 bits per heavy atom. The molecule has 0 radical (unpaired) electrons. The number of hydrogen-bond acceptors (Lipinski definition) is 3. The average Bonchev–Trinajstić information content (AvgIpc) is 2.47. The Hall–Kier alpha value is -1.42. The normalized spacial score (nSPS) is 13.9. The molecular formula is C15H20ClNO3. The highest BCUT2D eigenvalue weighted by atomic mass is 35.5. The Labute approximate surface area is 124 Å². The van der Waals surface area contributed by atoms with Crippen molar-refractivity contribution in [2.24, 2.45) is 5.41 Å². The summed E-state index contributed by atoms with van der Waals surface area (Å²) in [6.45, 7) is 5.42. The fourth-order valence-electron chi connectivity index (χ4n) is 1.86. The van der Waals surface area contributed by atoms with Crippen LogP contribution in [0, 0.1) is 5.41 Å². The molecule has 20 heavy (non-hydrogen) atoms. The lowest BCUT2D eigenvalue weighted by molar-refractivity contribution is -0.128. The lowest BCUT2D eigenvalue weighted by Gasteiger charge is -2.21. The standard InChI is InChI=1S/C15H20ClNO3/c1-15(2,10-16)14(18)17-6-5-11-3-4-12-13(9-11)20-8-7-19-12/h3-4,9H,5-8,10H2,1-2H3,(H,17,18). The van der Waals surface area contributed by atoms with Gasteiger partial charge in [0.25, 0.3) is 0 Å². The molecule has 0 fully saturated rings. The molecule has 4 nitrogen and oxygen atoms in total. The first-order valence-corrected chi connectivity index (χ1v) is 7.29. The Bertz CT molecular complexity index is 488. The number of hydrogen-bond donors (Lipinski definition) is 1. The van der Waals surface area contributed by atoms with Gasteiger partial charge in [-0.05, 0) is 38.0 Å². The van der Waals surface area contributed by atoms with Gasteiger partial charge < -0.3 is 14.8 Å². The molecule has 0 aromatic heterocycles. The van der Waals surface area contributed by atoms with Crippen LogP contribution < -0.4 is 14.8 Å². The molecule has 1 aliphatic heterocycles. The van der Waals surface area contributed by atoms with Crippen LogP contribution in [0.15, 0.2) is 18.2 Å². The van der Waals surface area contributed by atoms with E-state index in [1.807, 2.05) is 32.0 Å². The first-order chi connectivity index (χ1) is 9.53. The number of fused-ring (bicyclic) bond motifs is 1. The highest BCUT2D eigenvalue weighted by Crippen LogP contribution is 2.30. The van der Waals surface area contributed by atoms with Crippen LogP contribution in [0.5, 0.6) is 11.5 Å². The predicted octanol–water partition coefficient (Wildman–Crippen LogP) is 2.38. The quantitative estimate of drug-likeness (QED) is 0.849. The number of nitrogens with one attached hydrogen (secondary N) is 1. The largest absolute Gasteiger partial charge is 0.486 e. The van der Waals surface area contributed by atoms with Crippen LogP contribution in [0.1, 0.15) is 19.4 Å². The second-order valence-electron chi connectivity index (χ2n) is 5.50. The number of benzene rings is 1. The summed E-state index contributed by atoms with van der Waals surface area (Å²) in [5.41, 5.74) is 0.576. The van der Waals surface area contributed by atoms with E-state index < -0.39 is 5.41 Å². The van der Waals surface area contributed by atoms with Crippen LogP contribution in [0.25, 0.3) is 0 Å². The zero-order valence-corrected chi connectivity index (χ0v) is 12.6. The van der Waals surface area contributed by atoms with Gasteiger partial charge >= 0.3 is 0 Å². The van der Waals surface area contributed by atoms with Crippen molar-refractivity contribution >= 4 is 17.5 Å². The van der Waals surface area contributed by atoms with Gasteiger partial charge in [-0.2, -0.15) is 0 Å². The van der Waals surface area contributed by atoms with Crippen molar-refractivity contribution < 1.29 is 14.3 Å². The molecule has 1 N–H and O–H groups in total. The van der Waals surface area contributed by atoms with E-state index in [1.54, 1.807) is 0 Å². The number of amides is 1. The molecule has 1 aliphatic rings. The zero-order valence-electron chi connectivity index (χ0n) is 11.9. The molecule has 0 bridgehead atoms. The topological polar surface area (TPSA) is 47.6 Å². The van der Waals surface area contributed by atoms with Gasteiger partial charge in [0.15, 0.2) is 11.5 Å². The van der Waals surface area contributed by atoms with Crippen molar-refractivity contribution in [3.05, 3.63) is 23.8 Å². The highest BCUT2D eigenvalue weighted by molar-refractivity contribution is 6.19. The second kappa shape index (κ2) is 6.35. The van der Waals surface area contributed by atoms with E-state index in [1.165, 1.54) is 0 Å². The van der Waals surface area contributed by atoms with Gasteiger partial charge in [-0.1, -0.05) is 6.07 Å². The van der Waals surface area contributed by atoms with Crippen molar-refractivity contribution in [1.29, 1.82) is 0 Å². The summed E-state index contributed by atoms with van der Waals surface area (Å²) in [4.78, 5) is 11.9. The van der Waals surface area contributed by atoms with Crippen molar-refractivity contribution in [3.8, 4) is 11.5 Å². The molecule has 2 rings (SSSR count). The fraction of sp³-hybridized carbons (Fsp3) is 0.533. The minimum absolute atomic E-state index is 0.0231. The van der Waals surface area contributed by atoms with E-state index in [0.29, 0.717) is 25.6 Å². The maximum absolute atomic E-state index is 11.9. The van der Waals surface area contributed by atoms with E-state index in [4.69, 9.17) is 21.1 Å². The molecule has 0 atom stereocenters. The molecule has 1 heterocycles. The third kappa shape index (κ3) is 3.57. The molecule has 0 saturated carbocycles. The minimum atomic E-state index is -0.533. The summed E-state index contributed by atoms with van der Waals surface area (Å²) < 4.78 is 11.0. The monoisotopic (exact) mass is 297 g/mol. The minimum Gasteiger partial charge on any atom is -0.486 e. The summed E-state index contributed by atoms with van der Waals surface area (Å²) in [5, 5.41) is 2.91. The molecular weight excluding hydrogens is 278 g/mol. The van der Waals surface area contributed by atoms with E-state index in [-0.39, 0.29) is 5.91 Å². The Morgan fingerprint density at radius 1 is 1.30 bits per heavy atom. The maximum Gasteiger partial charge on any atom is 0.226 e. The van der Waals surface area contributed by atoms with Crippen LogP contribution in [-0.4, -0.2) is 31.5 Å². The summed E-state index contributed by atoms with van der Waals surface area (Å²) in [5.74, 6) is 1.85. The first-order valence-electron chi connectivity index (χ1n) is 6.76. The molecule has 0 unspecified atom stereocenters. The number of rotatable bonds is 5. The summed E-state index contributed by atoms with van der Waals surface area (Å²) in [7, 11) is 0. The molecule has 5 heteroatoms. The molecule has 0 spiro atoms. The van der Waals surface area contributed by atoms with E-state index in [2.05, 4.69) is 5.32 Å². The molecule has 1 aromatic rings. The third-order valence-electron chi connectivity index (χ3n) is 3.25. The fourth-order valence-corrected chi connectivity index (χ4v) is 1.98. The van der Waals surface area contributed by atoms with Crippen LogP contribution in [0.3, 0.4) is 0 Å². The lowest BCUT2D eigenvalue weighted by Crippen LogP contribution is -2.39. The third-order valence-corrected chi connectivity index (χ3v) is 3.92. The number of carbonyl (C=O) groups is 1. The van der Waals surface area contributed by atoms with Gasteiger partial charge in [0.2, 0.25) is 5.91 Å². The van der Waals surface area contributed by atoms with Gasteiger partial charge in [-0.25, -0.2) is 0 Å².